The third kappa shape index (κ3) is 8.07. The van der Waals surface area contributed by atoms with Gasteiger partial charge in [0.1, 0.15) is 24.4 Å². The van der Waals surface area contributed by atoms with E-state index in [1.54, 1.807) is 29.2 Å². The molecular weight excluding hydrogens is 508 g/mol. The van der Waals surface area contributed by atoms with Crippen molar-refractivity contribution in [1.29, 1.82) is 0 Å². The fourth-order valence-electron chi connectivity index (χ4n) is 5.25. The molecule has 2 aliphatic rings. The fourth-order valence-corrected chi connectivity index (χ4v) is 5.25. The Labute approximate surface area is 236 Å². The number of carbonyl (C=O) groups is 4. The SMILES string of the molecule is CCCCN1CCOc2ccccc2C(=O)N[C@H](C(=O)NC2CCCC2)CC(=O)N[C@@H](Cc2ccccc2)C1=O. The van der Waals surface area contributed by atoms with E-state index >= 15 is 0 Å². The van der Waals surface area contributed by atoms with Crippen molar-refractivity contribution in [3.8, 4) is 5.75 Å². The highest BCUT2D eigenvalue weighted by molar-refractivity contribution is 6.01. The first kappa shape index (κ1) is 29.1. The van der Waals surface area contributed by atoms with E-state index < -0.39 is 29.8 Å². The molecule has 214 valence electrons. The maximum Gasteiger partial charge on any atom is 0.255 e. The molecule has 0 saturated heterocycles. The van der Waals surface area contributed by atoms with Crippen molar-refractivity contribution in [2.24, 2.45) is 0 Å². The minimum absolute atomic E-state index is 0.0238. The molecule has 2 aromatic carbocycles. The summed E-state index contributed by atoms with van der Waals surface area (Å²) in [4.78, 5) is 55.5. The van der Waals surface area contributed by atoms with Gasteiger partial charge in [-0.25, -0.2) is 0 Å². The molecule has 0 bridgehead atoms. The van der Waals surface area contributed by atoms with Crippen molar-refractivity contribution >= 4 is 23.6 Å². The molecule has 4 rings (SSSR count). The van der Waals surface area contributed by atoms with Gasteiger partial charge in [0, 0.05) is 19.0 Å². The normalized spacial score (nSPS) is 21.0. The Kier molecular flexibility index (Phi) is 10.5. The number of rotatable bonds is 7. The Morgan fingerprint density at radius 1 is 1.00 bits per heavy atom. The van der Waals surface area contributed by atoms with Crippen LogP contribution in [0.2, 0.25) is 0 Å². The maximum atomic E-state index is 13.8. The quantitative estimate of drug-likeness (QED) is 0.492. The van der Waals surface area contributed by atoms with E-state index in [0.717, 1.165) is 44.1 Å². The topological polar surface area (TPSA) is 117 Å². The lowest BCUT2D eigenvalue weighted by molar-refractivity contribution is -0.137. The second-order valence-electron chi connectivity index (χ2n) is 10.6. The van der Waals surface area contributed by atoms with Crippen LogP contribution in [0.4, 0.5) is 0 Å². The molecule has 1 aliphatic carbocycles. The predicted molar refractivity (Wildman–Crippen MR) is 152 cm³/mol. The molecular formula is C31H40N4O5. The van der Waals surface area contributed by atoms with Crippen LogP contribution in [0.3, 0.4) is 0 Å². The van der Waals surface area contributed by atoms with Crippen molar-refractivity contribution in [3.05, 3.63) is 65.7 Å². The van der Waals surface area contributed by atoms with Crippen LogP contribution in [0.15, 0.2) is 54.6 Å². The Morgan fingerprint density at radius 3 is 2.48 bits per heavy atom. The third-order valence-electron chi connectivity index (χ3n) is 7.47. The number of hydrogen-bond donors (Lipinski definition) is 3. The molecule has 9 heteroatoms. The highest BCUT2D eigenvalue weighted by Crippen LogP contribution is 2.20. The second-order valence-corrected chi connectivity index (χ2v) is 10.6. The lowest BCUT2D eigenvalue weighted by Gasteiger charge is -2.29. The summed E-state index contributed by atoms with van der Waals surface area (Å²) in [6.45, 7) is 3.06. The number of nitrogens with one attached hydrogen (secondary N) is 3. The summed E-state index contributed by atoms with van der Waals surface area (Å²) >= 11 is 0. The molecule has 3 N–H and O–H groups in total. The second kappa shape index (κ2) is 14.5. The molecule has 0 spiro atoms. The van der Waals surface area contributed by atoms with Crippen LogP contribution in [0.5, 0.6) is 5.75 Å². The average Bonchev–Trinajstić information content (AvgIpc) is 3.47. The first-order chi connectivity index (χ1) is 19.4. The Bertz CT molecular complexity index is 1170. The number of carbonyl (C=O) groups excluding carboxylic acids is 4. The maximum absolute atomic E-state index is 13.8. The fraction of sp³-hybridized carbons (Fsp3) is 0.484. The van der Waals surface area contributed by atoms with Crippen LogP contribution < -0.4 is 20.7 Å². The van der Waals surface area contributed by atoms with Crippen LogP contribution in [-0.2, 0) is 20.8 Å². The standard InChI is InChI=1S/C31H40N4O5/c1-2-3-17-35-18-19-40-27-16-10-9-15-24(27)29(37)34-25(30(38)32-23-13-7-8-14-23)21-28(36)33-26(31(35)39)20-22-11-5-4-6-12-22/h4-6,9-12,15-16,23,25-26H,2-3,7-8,13-14,17-21H2,1H3,(H,32,38)(H,33,36)(H,34,37)/t25-,26-/m0/s1. The van der Waals surface area contributed by atoms with Gasteiger partial charge in [-0.3, -0.25) is 19.2 Å². The van der Waals surface area contributed by atoms with Crippen molar-refractivity contribution in [1.82, 2.24) is 20.9 Å². The van der Waals surface area contributed by atoms with Crippen LogP contribution in [-0.4, -0.2) is 66.4 Å². The Balaban J connectivity index is 1.63. The van der Waals surface area contributed by atoms with E-state index in [2.05, 4.69) is 22.9 Å². The zero-order valence-electron chi connectivity index (χ0n) is 23.2. The summed E-state index contributed by atoms with van der Waals surface area (Å²) in [6, 6.07) is 14.4. The lowest BCUT2D eigenvalue weighted by Crippen LogP contribution is -2.54. The number of nitrogens with zero attached hydrogens (tertiary/aromatic N) is 1. The number of unbranched alkanes of at least 4 members (excludes halogenated alkanes) is 1. The molecule has 0 unspecified atom stereocenters. The first-order valence-corrected chi connectivity index (χ1v) is 14.4. The highest BCUT2D eigenvalue weighted by Gasteiger charge is 2.32. The molecule has 1 saturated carbocycles. The van der Waals surface area contributed by atoms with Crippen LogP contribution in [0.25, 0.3) is 0 Å². The molecule has 9 nitrogen and oxygen atoms in total. The van der Waals surface area contributed by atoms with Crippen molar-refractivity contribution in [2.75, 3.05) is 19.7 Å². The van der Waals surface area contributed by atoms with E-state index in [1.807, 2.05) is 30.3 Å². The average molecular weight is 549 g/mol. The molecule has 0 radical (unpaired) electrons. The number of ether oxygens (including phenoxy) is 1. The first-order valence-electron chi connectivity index (χ1n) is 14.4. The summed E-state index contributed by atoms with van der Waals surface area (Å²) in [5.41, 5.74) is 1.18. The van der Waals surface area contributed by atoms with Gasteiger partial charge < -0.3 is 25.6 Å². The van der Waals surface area contributed by atoms with E-state index in [1.165, 1.54) is 0 Å². The molecule has 1 aliphatic heterocycles. The van der Waals surface area contributed by atoms with Crippen molar-refractivity contribution in [2.45, 2.75) is 76.4 Å². The van der Waals surface area contributed by atoms with Gasteiger partial charge in [0.05, 0.1) is 18.5 Å². The van der Waals surface area contributed by atoms with Gasteiger partial charge in [-0.2, -0.15) is 0 Å². The molecule has 2 aromatic rings. The molecule has 2 atom stereocenters. The van der Waals surface area contributed by atoms with E-state index in [4.69, 9.17) is 4.74 Å². The largest absolute Gasteiger partial charge is 0.491 e. The van der Waals surface area contributed by atoms with E-state index in [-0.39, 0.29) is 30.5 Å². The summed E-state index contributed by atoms with van der Waals surface area (Å²) in [6.07, 6.45) is 5.54. The summed E-state index contributed by atoms with van der Waals surface area (Å²) in [7, 11) is 0. The van der Waals surface area contributed by atoms with Gasteiger partial charge in [0.25, 0.3) is 5.91 Å². The smallest absolute Gasteiger partial charge is 0.255 e. The number of fused-ring (bicyclic) bond motifs is 1. The van der Waals surface area contributed by atoms with Crippen molar-refractivity contribution in [3.63, 3.8) is 0 Å². The molecule has 40 heavy (non-hydrogen) atoms. The van der Waals surface area contributed by atoms with Gasteiger partial charge >= 0.3 is 0 Å². The summed E-state index contributed by atoms with van der Waals surface area (Å²) < 4.78 is 6.00. The number of amides is 4. The highest BCUT2D eigenvalue weighted by atomic mass is 16.5. The minimum atomic E-state index is -1.10. The van der Waals surface area contributed by atoms with Gasteiger partial charge in [-0.15, -0.1) is 0 Å². The Hall–Kier alpha value is -3.88. The zero-order valence-corrected chi connectivity index (χ0v) is 23.2. The van der Waals surface area contributed by atoms with Crippen LogP contribution in [0.1, 0.15) is 67.8 Å². The monoisotopic (exact) mass is 548 g/mol. The van der Waals surface area contributed by atoms with Gasteiger partial charge in [-0.1, -0.05) is 68.7 Å². The van der Waals surface area contributed by atoms with Gasteiger partial charge in [0.2, 0.25) is 17.7 Å². The molecule has 1 heterocycles. The number of para-hydroxylation sites is 1. The summed E-state index contributed by atoms with van der Waals surface area (Å²) in [5, 5.41) is 8.64. The van der Waals surface area contributed by atoms with Crippen LogP contribution >= 0.6 is 0 Å². The lowest BCUT2D eigenvalue weighted by atomic mass is 10.0. The molecule has 4 amide bonds. The minimum Gasteiger partial charge on any atom is -0.491 e. The predicted octanol–water partition coefficient (Wildman–Crippen LogP) is 2.98. The Morgan fingerprint density at radius 2 is 1.73 bits per heavy atom. The third-order valence-corrected chi connectivity index (χ3v) is 7.47. The van der Waals surface area contributed by atoms with E-state index in [9.17, 15) is 19.2 Å². The van der Waals surface area contributed by atoms with Gasteiger partial charge in [0.15, 0.2) is 0 Å². The molecule has 1 fully saturated rings. The molecule has 0 aromatic heterocycles. The van der Waals surface area contributed by atoms with Gasteiger partial charge in [-0.05, 0) is 37.0 Å². The zero-order chi connectivity index (χ0) is 28.3. The summed E-state index contributed by atoms with van der Waals surface area (Å²) in [5.74, 6) is -1.21. The van der Waals surface area contributed by atoms with E-state index in [0.29, 0.717) is 25.3 Å². The van der Waals surface area contributed by atoms with Crippen LogP contribution in [0, 0.1) is 0 Å². The van der Waals surface area contributed by atoms with Crippen molar-refractivity contribution < 1.29 is 23.9 Å². The number of hydrogen-bond acceptors (Lipinski definition) is 5. The number of benzene rings is 2.